The van der Waals surface area contributed by atoms with Gasteiger partial charge in [0.25, 0.3) is 0 Å². The summed E-state index contributed by atoms with van der Waals surface area (Å²) < 4.78 is 5.38. The predicted molar refractivity (Wildman–Crippen MR) is 108 cm³/mol. The third-order valence-corrected chi connectivity index (χ3v) is 4.76. The number of ether oxygens (including phenoxy) is 1. The van der Waals surface area contributed by atoms with Crippen LogP contribution in [0.5, 0.6) is 0 Å². The summed E-state index contributed by atoms with van der Waals surface area (Å²) in [7, 11) is 0. The fourth-order valence-corrected chi connectivity index (χ4v) is 3.55. The molecule has 29 heavy (non-hydrogen) atoms. The van der Waals surface area contributed by atoms with Crippen LogP contribution in [0, 0.1) is 0 Å². The molecule has 1 aliphatic rings. The van der Waals surface area contributed by atoms with Crippen LogP contribution in [-0.4, -0.2) is 41.8 Å². The van der Waals surface area contributed by atoms with Crippen LogP contribution in [0.25, 0.3) is 11.1 Å². The van der Waals surface area contributed by atoms with Crippen molar-refractivity contribution >= 4 is 18.0 Å². The number of hydrogen-bond acceptors (Lipinski definition) is 4. The summed E-state index contributed by atoms with van der Waals surface area (Å²) >= 11 is 0. The average Bonchev–Trinajstić information content (AvgIpc) is 2.99. The molecule has 0 spiro atoms. The monoisotopic (exact) mass is 396 g/mol. The topological polar surface area (TPSA) is 105 Å². The molecule has 0 fully saturated rings. The molecule has 2 aromatic carbocycles. The molecule has 0 radical (unpaired) electrons. The molecule has 0 aromatic heterocycles. The number of alkyl carbamates (subject to hydrolysis) is 1. The molecule has 0 aliphatic heterocycles. The zero-order chi connectivity index (χ0) is 21.0. The average molecular weight is 396 g/mol. The molecular weight excluding hydrogens is 372 g/mol. The predicted octanol–water partition coefficient (Wildman–Crippen LogP) is 2.89. The Hall–Kier alpha value is -3.35. The molecule has 0 bridgehead atoms. The van der Waals surface area contributed by atoms with Crippen LogP contribution in [0.3, 0.4) is 0 Å². The Balaban J connectivity index is 1.68. The number of benzene rings is 2. The smallest absolute Gasteiger partial charge is 0.407 e. The molecular formula is C22H24N2O5. The number of carbonyl (C=O) groups excluding carboxylic acids is 2. The number of aliphatic carboxylic acids is 1. The number of carboxylic acid groups (broad SMARTS) is 1. The van der Waals surface area contributed by atoms with Gasteiger partial charge in [0, 0.05) is 12.0 Å². The Morgan fingerprint density at radius 2 is 1.52 bits per heavy atom. The molecule has 2 amide bonds. The molecule has 1 aliphatic carbocycles. The molecule has 7 heteroatoms. The molecule has 152 valence electrons. The molecule has 3 N–H and O–H groups in total. The first-order chi connectivity index (χ1) is 13.9. The van der Waals surface area contributed by atoms with Gasteiger partial charge < -0.3 is 20.5 Å². The highest BCUT2D eigenvalue weighted by molar-refractivity contribution is 5.89. The van der Waals surface area contributed by atoms with E-state index in [1.807, 2.05) is 48.5 Å². The highest BCUT2D eigenvalue weighted by Gasteiger charge is 2.30. The molecule has 0 saturated carbocycles. The maximum Gasteiger partial charge on any atom is 0.407 e. The summed E-state index contributed by atoms with van der Waals surface area (Å²) in [6.45, 7) is 3.59. The van der Waals surface area contributed by atoms with Crippen molar-refractivity contribution < 1.29 is 24.2 Å². The van der Waals surface area contributed by atoms with Crippen LogP contribution in [0.1, 0.15) is 37.3 Å². The first kappa shape index (κ1) is 20.4. The van der Waals surface area contributed by atoms with Crippen molar-refractivity contribution in [3.63, 3.8) is 0 Å². The van der Waals surface area contributed by atoms with E-state index >= 15 is 0 Å². The maximum absolute atomic E-state index is 12.3. The van der Waals surface area contributed by atoms with Gasteiger partial charge in [-0.2, -0.15) is 0 Å². The molecule has 7 nitrogen and oxygen atoms in total. The third kappa shape index (κ3) is 4.74. The number of amides is 2. The van der Waals surface area contributed by atoms with Crippen LogP contribution in [0.2, 0.25) is 0 Å². The highest BCUT2D eigenvalue weighted by atomic mass is 16.5. The fourth-order valence-electron chi connectivity index (χ4n) is 3.55. The van der Waals surface area contributed by atoms with Crippen molar-refractivity contribution in [2.24, 2.45) is 0 Å². The number of carbonyl (C=O) groups is 3. The third-order valence-electron chi connectivity index (χ3n) is 4.76. The Kier molecular flexibility index (Phi) is 6.16. The van der Waals surface area contributed by atoms with Gasteiger partial charge in [0.1, 0.15) is 12.6 Å². The van der Waals surface area contributed by atoms with E-state index in [0.29, 0.717) is 0 Å². The molecule has 1 atom stereocenters. The summed E-state index contributed by atoms with van der Waals surface area (Å²) in [4.78, 5) is 35.5. The second kappa shape index (κ2) is 8.77. The van der Waals surface area contributed by atoms with Crippen LogP contribution in [0.15, 0.2) is 48.5 Å². The Labute approximate surface area is 169 Å². The number of rotatable bonds is 7. The van der Waals surface area contributed by atoms with E-state index in [0.717, 1.165) is 22.3 Å². The second-order valence-corrected chi connectivity index (χ2v) is 7.28. The first-order valence-electron chi connectivity index (χ1n) is 9.50. The molecule has 0 heterocycles. The molecule has 0 saturated heterocycles. The van der Waals surface area contributed by atoms with E-state index in [1.165, 1.54) is 0 Å². The van der Waals surface area contributed by atoms with Gasteiger partial charge in [-0.05, 0) is 36.1 Å². The first-order valence-corrected chi connectivity index (χ1v) is 9.50. The molecule has 2 aromatic rings. The van der Waals surface area contributed by atoms with Gasteiger partial charge >= 0.3 is 12.1 Å². The van der Waals surface area contributed by atoms with Crippen molar-refractivity contribution in [2.45, 2.75) is 38.3 Å². The zero-order valence-corrected chi connectivity index (χ0v) is 16.3. The second-order valence-electron chi connectivity index (χ2n) is 7.28. The van der Waals surface area contributed by atoms with Gasteiger partial charge in [0.05, 0.1) is 6.42 Å². The lowest BCUT2D eigenvalue weighted by Crippen LogP contribution is -2.49. The Morgan fingerprint density at radius 1 is 0.966 bits per heavy atom. The number of hydrogen-bond donors (Lipinski definition) is 3. The van der Waals surface area contributed by atoms with E-state index < -0.39 is 30.4 Å². The minimum atomic E-state index is -1.20. The minimum Gasteiger partial charge on any atom is -0.481 e. The summed E-state index contributed by atoms with van der Waals surface area (Å²) in [5.41, 5.74) is 4.36. The van der Waals surface area contributed by atoms with Crippen molar-refractivity contribution in [3.05, 3.63) is 59.7 Å². The van der Waals surface area contributed by atoms with E-state index in [2.05, 4.69) is 10.6 Å². The van der Waals surface area contributed by atoms with E-state index in [1.54, 1.807) is 13.8 Å². The largest absolute Gasteiger partial charge is 0.481 e. The normalized spacial score (nSPS) is 13.3. The summed E-state index contributed by atoms with van der Waals surface area (Å²) in [5.74, 6) is -1.86. The lowest BCUT2D eigenvalue weighted by molar-refractivity contribution is -0.139. The SMILES string of the molecule is CC(C)NC(=O)C(CC(=O)O)NC(=O)OCC1c2ccccc2-c2ccccc21. The maximum atomic E-state index is 12.3. The van der Waals surface area contributed by atoms with Crippen molar-refractivity contribution in [3.8, 4) is 11.1 Å². The van der Waals surface area contributed by atoms with Crippen LogP contribution in [0.4, 0.5) is 4.79 Å². The zero-order valence-electron chi connectivity index (χ0n) is 16.3. The Morgan fingerprint density at radius 3 is 2.03 bits per heavy atom. The van der Waals surface area contributed by atoms with Gasteiger partial charge in [-0.15, -0.1) is 0 Å². The van der Waals surface area contributed by atoms with Crippen LogP contribution in [-0.2, 0) is 14.3 Å². The highest BCUT2D eigenvalue weighted by Crippen LogP contribution is 2.44. The van der Waals surface area contributed by atoms with Crippen molar-refractivity contribution in [2.75, 3.05) is 6.61 Å². The van der Waals surface area contributed by atoms with Crippen LogP contribution < -0.4 is 10.6 Å². The van der Waals surface area contributed by atoms with E-state index in [4.69, 9.17) is 9.84 Å². The van der Waals surface area contributed by atoms with Gasteiger partial charge in [0.15, 0.2) is 0 Å². The van der Waals surface area contributed by atoms with Gasteiger partial charge in [-0.25, -0.2) is 4.79 Å². The van der Waals surface area contributed by atoms with Crippen molar-refractivity contribution in [1.82, 2.24) is 10.6 Å². The van der Waals surface area contributed by atoms with Gasteiger partial charge in [0.2, 0.25) is 5.91 Å². The molecule has 1 unspecified atom stereocenters. The fraction of sp³-hybridized carbons (Fsp3) is 0.318. The Bertz CT molecular complexity index is 879. The molecule has 3 rings (SSSR count). The number of nitrogens with one attached hydrogen (secondary N) is 2. The van der Waals surface area contributed by atoms with E-state index in [9.17, 15) is 14.4 Å². The quantitative estimate of drug-likeness (QED) is 0.667. The van der Waals surface area contributed by atoms with Gasteiger partial charge in [-0.3, -0.25) is 9.59 Å². The van der Waals surface area contributed by atoms with Crippen LogP contribution >= 0.6 is 0 Å². The summed E-state index contributed by atoms with van der Waals surface area (Å²) in [5, 5.41) is 14.0. The van der Waals surface area contributed by atoms with E-state index in [-0.39, 0.29) is 18.6 Å². The lowest BCUT2D eigenvalue weighted by atomic mass is 9.98. The van der Waals surface area contributed by atoms with Crippen molar-refractivity contribution in [1.29, 1.82) is 0 Å². The number of fused-ring (bicyclic) bond motifs is 3. The lowest BCUT2D eigenvalue weighted by Gasteiger charge is -2.19. The number of carboxylic acids is 1. The minimum absolute atomic E-state index is 0.0887. The van der Waals surface area contributed by atoms with Gasteiger partial charge in [-0.1, -0.05) is 48.5 Å². The standard InChI is InChI=1S/C22H24N2O5/c1-13(2)23-21(27)19(11-20(25)26)24-22(28)29-12-18-16-9-5-3-7-14(16)15-8-4-6-10-17(15)18/h3-10,13,18-19H,11-12H2,1-2H3,(H,23,27)(H,24,28)(H,25,26). The summed E-state index contributed by atoms with van der Waals surface area (Å²) in [6, 6.07) is 14.5. The summed E-state index contributed by atoms with van der Waals surface area (Å²) in [6.07, 6.45) is -1.35.